The Morgan fingerprint density at radius 3 is 2.61 bits per heavy atom. The van der Waals surface area contributed by atoms with Gasteiger partial charge in [0.25, 0.3) is 0 Å². The number of hydrogen-bond donors (Lipinski definition) is 1. The van der Waals surface area contributed by atoms with Crippen LogP contribution >= 0.6 is 11.6 Å². The average molecular weight is 425 g/mol. The number of nitrogens with one attached hydrogen (secondary N) is 1. The van der Waals surface area contributed by atoms with Gasteiger partial charge in [-0.1, -0.05) is 35.9 Å². The monoisotopic (exact) mass is 424 g/mol. The van der Waals surface area contributed by atoms with Gasteiger partial charge >= 0.3 is 0 Å². The van der Waals surface area contributed by atoms with Gasteiger partial charge in [0.1, 0.15) is 11.5 Å². The molecular formula is C19H21ClN2O5S. The summed E-state index contributed by atoms with van der Waals surface area (Å²) < 4.78 is 38.4. The third kappa shape index (κ3) is 4.95. The van der Waals surface area contributed by atoms with Gasteiger partial charge in [-0.2, -0.15) is 0 Å². The minimum atomic E-state index is -3.77. The van der Waals surface area contributed by atoms with E-state index >= 15 is 0 Å². The van der Waals surface area contributed by atoms with Gasteiger partial charge in [-0.15, -0.1) is 0 Å². The second-order valence-electron chi connectivity index (χ2n) is 6.35. The molecule has 1 heterocycles. The molecule has 0 bridgehead atoms. The molecule has 1 aliphatic rings. The molecule has 0 saturated carbocycles. The van der Waals surface area contributed by atoms with Crippen LogP contribution in [0.25, 0.3) is 0 Å². The first-order chi connectivity index (χ1) is 13.4. The molecule has 0 aromatic heterocycles. The molecule has 2 aromatic carbocycles. The van der Waals surface area contributed by atoms with E-state index in [1.54, 1.807) is 19.2 Å². The van der Waals surface area contributed by atoms with E-state index in [1.807, 2.05) is 24.3 Å². The zero-order chi connectivity index (χ0) is 20.1. The summed E-state index contributed by atoms with van der Waals surface area (Å²) in [6.45, 7) is 0.653. The first-order valence-electron chi connectivity index (χ1n) is 8.73. The third-order valence-electron chi connectivity index (χ3n) is 4.23. The van der Waals surface area contributed by atoms with E-state index in [0.717, 1.165) is 0 Å². The van der Waals surface area contributed by atoms with Crippen LogP contribution < -0.4 is 14.2 Å². The van der Waals surface area contributed by atoms with Crippen molar-refractivity contribution in [2.75, 3.05) is 26.7 Å². The van der Waals surface area contributed by atoms with Crippen molar-refractivity contribution < 1.29 is 22.7 Å². The van der Waals surface area contributed by atoms with E-state index in [1.165, 1.54) is 17.0 Å². The number of likely N-dealkylation sites (N-methyl/N-ethyl adjacent to an activating group) is 1. The van der Waals surface area contributed by atoms with Crippen LogP contribution in [0.4, 0.5) is 0 Å². The SMILES string of the molecule is CN(CC1COc2ccccc2O1)C(=O)CCNS(=O)(=O)c1ccccc1Cl. The zero-order valence-electron chi connectivity index (χ0n) is 15.3. The molecule has 7 nitrogen and oxygen atoms in total. The number of ether oxygens (including phenoxy) is 2. The molecule has 28 heavy (non-hydrogen) atoms. The molecule has 1 atom stereocenters. The van der Waals surface area contributed by atoms with Crippen LogP contribution in [0.15, 0.2) is 53.4 Å². The smallest absolute Gasteiger partial charge is 0.242 e. The second kappa shape index (κ2) is 8.81. The molecule has 0 fully saturated rings. The number of hydrogen-bond acceptors (Lipinski definition) is 5. The minimum absolute atomic E-state index is 0.0103. The molecule has 0 aliphatic carbocycles. The van der Waals surface area contributed by atoms with E-state index in [0.29, 0.717) is 24.7 Å². The summed E-state index contributed by atoms with van der Waals surface area (Å²) in [6, 6.07) is 13.5. The maximum atomic E-state index is 12.3. The molecule has 0 saturated heterocycles. The molecule has 0 radical (unpaired) electrons. The lowest BCUT2D eigenvalue weighted by molar-refractivity contribution is -0.131. The fourth-order valence-electron chi connectivity index (χ4n) is 2.78. The summed E-state index contributed by atoms with van der Waals surface area (Å²) in [5, 5.41) is 0.133. The Morgan fingerprint density at radius 2 is 1.86 bits per heavy atom. The molecule has 1 aliphatic heterocycles. The van der Waals surface area contributed by atoms with Crippen LogP contribution in [0.1, 0.15) is 6.42 Å². The summed E-state index contributed by atoms with van der Waals surface area (Å²) in [6.07, 6.45) is -0.270. The van der Waals surface area contributed by atoms with E-state index in [-0.39, 0.29) is 34.9 Å². The van der Waals surface area contributed by atoms with E-state index in [2.05, 4.69) is 4.72 Å². The van der Waals surface area contributed by atoms with Crippen molar-refractivity contribution in [2.24, 2.45) is 0 Å². The Hall–Kier alpha value is -2.29. The first-order valence-corrected chi connectivity index (χ1v) is 10.6. The van der Waals surface area contributed by atoms with Crippen LogP contribution in [-0.4, -0.2) is 52.1 Å². The van der Waals surface area contributed by atoms with Gasteiger partial charge in [-0.25, -0.2) is 13.1 Å². The Kier molecular flexibility index (Phi) is 6.43. The van der Waals surface area contributed by atoms with Crippen molar-refractivity contribution in [3.05, 3.63) is 53.6 Å². The predicted molar refractivity (Wildman–Crippen MR) is 105 cm³/mol. The minimum Gasteiger partial charge on any atom is -0.486 e. The lowest BCUT2D eigenvalue weighted by Gasteiger charge is -2.29. The van der Waals surface area contributed by atoms with Gasteiger partial charge in [-0.3, -0.25) is 4.79 Å². The maximum Gasteiger partial charge on any atom is 0.242 e. The summed E-state index contributed by atoms with van der Waals surface area (Å²) in [4.78, 5) is 13.8. The number of rotatable bonds is 7. The fourth-order valence-corrected chi connectivity index (χ4v) is 4.33. The first kappa shape index (κ1) is 20.4. The number of nitrogens with zero attached hydrogens (tertiary/aromatic N) is 1. The summed E-state index contributed by atoms with van der Waals surface area (Å²) in [5.41, 5.74) is 0. The van der Waals surface area contributed by atoms with E-state index < -0.39 is 10.0 Å². The fraction of sp³-hybridized carbons (Fsp3) is 0.316. The molecule has 1 amide bonds. The van der Waals surface area contributed by atoms with Crippen molar-refractivity contribution in [1.82, 2.24) is 9.62 Å². The van der Waals surface area contributed by atoms with Gasteiger partial charge < -0.3 is 14.4 Å². The van der Waals surface area contributed by atoms with Crippen molar-refractivity contribution in [1.29, 1.82) is 0 Å². The summed E-state index contributed by atoms with van der Waals surface area (Å²) in [5.74, 6) is 1.12. The van der Waals surface area contributed by atoms with Gasteiger partial charge in [0, 0.05) is 20.0 Å². The van der Waals surface area contributed by atoms with Crippen LogP contribution in [0.5, 0.6) is 11.5 Å². The lowest BCUT2D eigenvalue weighted by atomic mass is 10.2. The number of fused-ring (bicyclic) bond motifs is 1. The molecule has 1 unspecified atom stereocenters. The lowest BCUT2D eigenvalue weighted by Crippen LogP contribution is -2.42. The zero-order valence-corrected chi connectivity index (χ0v) is 16.9. The van der Waals surface area contributed by atoms with Crippen LogP contribution in [0, 0.1) is 0 Å². The predicted octanol–water partition coefficient (Wildman–Crippen LogP) is 2.31. The normalized spacial score (nSPS) is 15.9. The number of amides is 1. The quantitative estimate of drug-likeness (QED) is 0.737. The summed E-state index contributed by atoms with van der Waals surface area (Å²) >= 11 is 5.93. The number of carbonyl (C=O) groups excluding carboxylic acids is 1. The standard InChI is InChI=1S/C19H21ClN2O5S/c1-22(12-14-13-26-16-7-3-4-8-17(16)27-14)19(23)10-11-21-28(24,25)18-9-5-2-6-15(18)20/h2-9,14,21H,10-13H2,1H3. The number of carbonyl (C=O) groups is 1. The third-order valence-corrected chi connectivity index (χ3v) is 6.19. The van der Waals surface area contributed by atoms with Crippen molar-refractivity contribution in [3.8, 4) is 11.5 Å². The molecule has 1 N–H and O–H groups in total. The topological polar surface area (TPSA) is 84.9 Å². The highest BCUT2D eigenvalue weighted by molar-refractivity contribution is 7.89. The second-order valence-corrected chi connectivity index (χ2v) is 8.49. The van der Waals surface area contributed by atoms with Crippen LogP contribution in [-0.2, 0) is 14.8 Å². The van der Waals surface area contributed by atoms with Gasteiger partial charge in [0.05, 0.1) is 11.6 Å². The Labute approximate surface area is 169 Å². The number of benzene rings is 2. The van der Waals surface area contributed by atoms with Crippen LogP contribution in [0.2, 0.25) is 5.02 Å². The highest BCUT2D eigenvalue weighted by Gasteiger charge is 2.24. The molecule has 150 valence electrons. The largest absolute Gasteiger partial charge is 0.486 e. The average Bonchev–Trinajstić information content (AvgIpc) is 2.67. The van der Waals surface area contributed by atoms with Gasteiger partial charge in [0.2, 0.25) is 15.9 Å². The van der Waals surface area contributed by atoms with Crippen molar-refractivity contribution >= 4 is 27.5 Å². The number of sulfonamides is 1. The van der Waals surface area contributed by atoms with Crippen molar-refractivity contribution in [3.63, 3.8) is 0 Å². The Bertz CT molecular complexity index is 951. The van der Waals surface area contributed by atoms with Gasteiger partial charge in [-0.05, 0) is 24.3 Å². The van der Waals surface area contributed by atoms with Crippen molar-refractivity contribution in [2.45, 2.75) is 17.4 Å². The molecule has 3 rings (SSSR count). The Balaban J connectivity index is 1.48. The summed E-state index contributed by atoms with van der Waals surface area (Å²) in [7, 11) is -2.12. The highest BCUT2D eigenvalue weighted by Crippen LogP contribution is 2.31. The number of halogens is 1. The molecule has 0 spiro atoms. The highest BCUT2D eigenvalue weighted by atomic mass is 35.5. The molecule has 9 heteroatoms. The van der Waals surface area contributed by atoms with E-state index in [9.17, 15) is 13.2 Å². The van der Waals surface area contributed by atoms with Gasteiger partial charge in [0.15, 0.2) is 17.6 Å². The molecular weight excluding hydrogens is 404 g/mol. The number of para-hydroxylation sites is 2. The molecule has 2 aromatic rings. The Morgan fingerprint density at radius 1 is 1.18 bits per heavy atom. The maximum absolute atomic E-state index is 12.3. The van der Waals surface area contributed by atoms with Crippen LogP contribution in [0.3, 0.4) is 0 Å². The van der Waals surface area contributed by atoms with E-state index in [4.69, 9.17) is 21.1 Å².